The van der Waals surface area contributed by atoms with Crippen LogP contribution >= 0.6 is 0 Å². The number of nitrogens with zero attached hydrogens (tertiary/aromatic N) is 2. The summed E-state index contributed by atoms with van der Waals surface area (Å²) in [6.07, 6.45) is 10.9. The van der Waals surface area contributed by atoms with E-state index in [1.54, 1.807) is 0 Å². The highest BCUT2D eigenvalue weighted by Crippen LogP contribution is 2.16. The standard InChI is InChI=1S/C18H27N2/c1-3-5-6-10-14-20-16-15-19(13-4-2)18(20)17-11-8-7-9-12-17/h7-9,11-12,15-16H,3-6,10,13-14H2,1-2H3/q+1. The SMILES string of the molecule is CCCCCC[n+]1ccn(CCC)c1-c1ccccc1. The second kappa shape index (κ2) is 7.88. The molecule has 20 heavy (non-hydrogen) atoms. The van der Waals surface area contributed by atoms with Crippen LogP contribution in [0.4, 0.5) is 0 Å². The number of hydrogen-bond donors (Lipinski definition) is 0. The van der Waals surface area contributed by atoms with Gasteiger partial charge in [-0.05, 0) is 31.4 Å². The van der Waals surface area contributed by atoms with Gasteiger partial charge >= 0.3 is 0 Å². The van der Waals surface area contributed by atoms with Crippen LogP contribution in [0.15, 0.2) is 42.7 Å². The summed E-state index contributed by atoms with van der Waals surface area (Å²) in [5.41, 5.74) is 1.32. The van der Waals surface area contributed by atoms with E-state index < -0.39 is 0 Å². The molecule has 0 aliphatic heterocycles. The molecule has 2 heteroatoms. The summed E-state index contributed by atoms with van der Waals surface area (Å²) in [6.45, 7) is 6.72. The lowest BCUT2D eigenvalue weighted by Crippen LogP contribution is -2.34. The number of rotatable bonds is 8. The highest BCUT2D eigenvalue weighted by Gasteiger charge is 2.18. The van der Waals surface area contributed by atoms with E-state index in [2.05, 4.69) is 65.7 Å². The van der Waals surface area contributed by atoms with E-state index in [1.807, 2.05) is 0 Å². The summed E-state index contributed by atoms with van der Waals surface area (Å²) in [6, 6.07) is 10.8. The van der Waals surface area contributed by atoms with Crippen molar-refractivity contribution in [2.45, 2.75) is 59.0 Å². The first kappa shape index (κ1) is 14.8. The van der Waals surface area contributed by atoms with Gasteiger partial charge in [-0.2, -0.15) is 0 Å². The van der Waals surface area contributed by atoms with Crippen molar-refractivity contribution >= 4 is 0 Å². The van der Waals surface area contributed by atoms with E-state index in [9.17, 15) is 0 Å². The van der Waals surface area contributed by atoms with E-state index in [1.165, 1.54) is 43.5 Å². The number of aromatic nitrogens is 2. The fraction of sp³-hybridized carbons (Fsp3) is 0.500. The van der Waals surface area contributed by atoms with Gasteiger partial charge in [0.1, 0.15) is 12.4 Å². The largest absolute Gasteiger partial charge is 0.288 e. The maximum atomic E-state index is 2.42. The lowest BCUT2D eigenvalue weighted by Gasteiger charge is -2.05. The Bertz CT molecular complexity index is 499. The van der Waals surface area contributed by atoms with E-state index in [0.29, 0.717) is 0 Å². The summed E-state index contributed by atoms with van der Waals surface area (Å²) in [5, 5.41) is 0. The molecule has 0 radical (unpaired) electrons. The van der Waals surface area contributed by atoms with Gasteiger partial charge < -0.3 is 0 Å². The Morgan fingerprint density at radius 1 is 0.950 bits per heavy atom. The molecule has 1 aromatic heterocycles. The average Bonchev–Trinajstić information content (AvgIpc) is 2.88. The molecule has 0 N–H and O–H groups in total. The van der Waals surface area contributed by atoms with Crippen molar-refractivity contribution in [1.82, 2.24) is 4.57 Å². The number of aryl methyl sites for hydroxylation is 2. The molecule has 0 fully saturated rings. The third-order valence-corrected chi connectivity index (χ3v) is 3.72. The number of benzene rings is 1. The van der Waals surface area contributed by atoms with Crippen LogP contribution in [0.5, 0.6) is 0 Å². The van der Waals surface area contributed by atoms with Crippen molar-refractivity contribution in [3.8, 4) is 11.4 Å². The highest BCUT2D eigenvalue weighted by atomic mass is 15.1. The van der Waals surface area contributed by atoms with Gasteiger partial charge in [-0.1, -0.05) is 44.9 Å². The molecule has 0 aliphatic carbocycles. The van der Waals surface area contributed by atoms with Crippen LogP contribution in [-0.2, 0) is 13.1 Å². The Morgan fingerprint density at radius 2 is 1.75 bits per heavy atom. The first-order valence-electron chi connectivity index (χ1n) is 8.00. The molecule has 0 saturated heterocycles. The Labute approximate surface area is 123 Å². The smallest absolute Gasteiger partial charge is 0.230 e. The maximum Gasteiger partial charge on any atom is 0.288 e. The van der Waals surface area contributed by atoms with Crippen LogP contribution in [0.1, 0.15) is 46.0 Å². The monoisotopic (exact) mass is 271 g/mol. The second-order valence-corrected chi connectivity index (χ2v) is 5.44. The summed E-state index contributed by atoms with van der Waals surface area (Å²) in [7, 11) is 0. The van der Waals surface area contributed by atoms with Gasteiger partial charge in [-0.15, -0.1) is 0 Å². The minimum atomic E-state index is 1.09. The van der Waals surface area contributed by atoms with Crippen LogP contribution in [0.2, 0.25) is 0 Å². The Morgan fingerprint density at radius 3 is 2.45 bits per heavy atom. The zero-order chi connectivity index (χ0) is 14.2. The molecule has 1 heterocycles. The van der Waals surface area contributed by atoms with Gasteiger partial charge in [-0.3, -0.25) is 0 Å². The van der Waals surface area contributed by atoms with Crippen molar-refractivity contribution in [3.05, 3.63) is 42.7 Å². The normalized spacial score (nSPS) is 10.9. The van der Waals surface area contributed by atoms with Crippen molar-refractivity contribution in [3.63, 3.8) is 0 Å². The third-order valence-electron chi connectivity index (χ3n) is 3.72. The van der Waals surface area contributed by atoms with E-state index in [-0.39, 0.29) is 0 Å². The fourth-order valence-corrected chi connectivity index (χ4v) is 2.70. The summed E-state index contributed by atoms with van der Waals surface area (Å²) in [5.74, 6) is 1.35. The Hall–Kier alpha value is -1.57. The molecule has 2 nitrogen and oxygen atoms in total. The average molecular weight is 271 g/mol. The summed E-state index contributed by atoms with van der Waals surface area (Å²) >= 11 is 0. The van der Waals surface area contributed by atoms with Crippen molar-refractivity contribution in [2.24, 2.45) is 0 Å². The zero-order valence-electron chi connectivity index (χ0n) is 12.9. The number of imidazole rings is 1. The topological polar surface area (TPSA) is 8.81 Å². The van der Waals surface area contributed by atoms with Crippen molar-refractivity contribution in [2.75, 3.05) is 0 Å². The maximum absolute atomic E-state index is 2.42. The molecule has 2 aromatic rings. The molecule has 0 saturated carbocycles. The molecular weight excluding hydrogens is 244 g/mol. The first-order chi connectivity index (χ1) is 9.86. The summed E-state index contributed by atoms with van der Waals surface area (Å²) < 4.78 is 4.80. The van der Waals surface area contributed by atoms with Gasteiger partial charge in [-0.25, -0.2) is 9.13 Å². The van der Waals surface area contributed by atoms with Gasteiger partial charge in [0.2, 0.25) is 0 Å². The first-order valence-corrected chi connectivity index (χ1v) is 8.00. The molecule has 0 spiro atoms. The molecule has 0 unspecified atom stereocenters. The minimum Gasteiger partial charge on any atom is -0.230 e. The van der Waals surface area contributed by atoms with Gasteiger partial charge in [0.15, 0.2) is 0 Å². The molecule has 108 valence electrons. The van der Waals surface area contributed by atoms with E-state index in [4.69, 9.17) is 0 Å². The quantitative estimate of drug-likeness (QED) is 0.496. The lowest BCUT2D eigenvalue weighted by molar-refractivity contribution is -0.686. The third kappa shape index (κ3) is 3.72. The fourth-order valence-electron chi connectivity index (χ4n) is 2.70. The summed E-state index contributed by atoms with van der Waals surface area (Å²) in [4.78, 5) is 0. The molecule has 0 aliphatic rings. The molecule has 0 atom stereocenters. The Balaban J connectivity index is 2.19. The predicted molar refractivity (Wildman–Crippen MR) is 84.5 cm³/mol. The molecule has 1 aromatic carbocycles. The Kier molecular flexibility index (Phi) is 5.85. The molecule has 0 bridgehead atoms. The zero-order valence-corrected chi connectivity index (χ0v) is 12.9. The highest BCUT2D eigenvalue weighted by molar-refractivity contribution is 5.52. The van der Waals surface area contributed by atoms with Crippen LogP contribution in [0, 0.1) is 0 Å². The van der Waals surface area contributed by atoms with Crippen molar-refractivity contribution < 1.29 is 4.57 Å². The van der Waals surface area contributed by atoms with Crippen LogP contribution in [-0.4, -0.2) is 4.57 Å². The number of hydrogen-bond acceptors (Lipinski definition) is 0. The van der Waals surface area contributed by atoms with Gasteiger partial charge in [0, 0.05) is 0 Å². The van der Waals surface area contributed by atoms with Crippen LogP contribution in [0.3, 0.4) is 0 Å². The van der Waals surface area contributed by atoms with Crippen molar-refractivity contribution in [1.29, 1.82) is 0 Å². The second-order valence-electron chi connectivity index (χ2n) is 5.44. The predicted octanol–water partition coefficient (Wildman–Crippen LogP) is 4.43. The van der Waals surface area contributed by atoms with Crippen LogP contribution < -0.4 is 4.57 Å². The molecular formula is C18H27N2+. The van der Waals surface area contributed by atoms with Crippen LogP contribution in [0.25, 0.3) is 11.4 Å². The molecule has 0 amide bonds. The van der Waals surface area contributed by atoms with Gasteiger partial charge in [0.25, 0.3) is 5.82 Å². The molecule has 2 rings (SSSR count). The lowest BCUT2D eigenvalue weighted by atomic mass is 10.2. The number of unbranched alkanes of at least 4 members (excludes halogenated alkanes) is 3. The van der Waals surface area contributed by atoms with E-state index >= 15 is 0 Å². The van der Waals surface area contributed by atoms with Gasteiger partial charge in [0.05, 0.1) is 18.7 Å². The minimum absolute atomic E-state index is 1.09. The van der Waals surface area contributed by atoms with E-state index in [0.717, 1.165) is 13.1 Å².